The van der Waals surface area contributed by atoms with E-state index < -0.39 is 0 Å². The number of fused-ring (bicyclic) bond motifs is 1. The minimum absolute atomic E-state index is 0.0966. The fourth-order valence-corrected chi connectivity index (χ4v) is 3.43. The van der Waals surface area contributed by atoms with Gasteiger partial charge in [-0.1, -0.05) is 6.07 Å². The molecule has 2 N–H and O–H groups in total. The lowest BCUT2D eigenvalue weighted by molar-refractivity contribution is 0.0785. The largest absolute Gasteiger partial charge is 0.337 e. The third-order valence-electron chi connectivity index (χ3n) is 4.78. The molecule has 2 aromatic rings. The average Bonchev–Trinajstić information content (AvgIpc) is 3.28. The van der Waals surface area contributed by atoms with Gasteiger partial charge in [0.15, 0.2) is 0 Å². The van der Waals surface area contributed by atoms with Crippen LogP contribution in [0.3, 0.4) is 0 Å². The molecule has 21 heavy (non-hydrogen) atoms. The predicted octanol–water partition coefficient (Wildman–Crippen LogP) is 2.04. The second-order valence-corrected chi connectivity index (χ2v) is 6.29. The highest BCUT2D eigenvalue weighted by molar-refractivity contribution is 5.98. The summed E-state index contributed by atoms with van der Waals surface area (Å²) < 4.78 is 0. The Labute approximate surface area is 124 Å². The standard InChI is InChI=1S/C17H19N3O/c18-15-10-20(9-14(15)11-3-4-11)17(21)13-5-6-16-12(8-13)2-1-7-19-16/h1-2,5-8,11,14-15H,3-4,9-10,18H2/t14-,15+/m0/s1. The lowest BCUT2D eigenvalue weighted by Gasteiger charge is -2.16. The minimum Gasteiger partial charge on any atom is -0.337 e. The van der Waals surface area contributed by atoms with Gasteiger partial charge in [0.2, 0.25) is 0 Å². The summed E-state index contributed by atoms with van der Waals surface area (Å²) in [4.78, 5) is 18.9. The summed E-state index contributed by atoms with van der Waals surface area (Å²) in [6.45, 7) is 1.50. The van der Waals surface area contributed by atoms with Gasteiger partial charge in [-0.25, -0.2) is 0 Å². The van der Waals surface area contributed by atoms with Crippen LogP contribution in [-0.2, 0) is 0 Å². The van der Waals surface area contributed by atoms with E-state index in [0.717, 1.165) is 28.9 Å². The highest BCUT2D eigenvalue weighted by atomic mass is 16.2. The van der Waals surface area contributed by atoms with Crippen LogP contribution >= 0.6 is 0 Å². The van der Waals surface area contributed by atoms with E-state index in [9.17, 15) is 4.79 Å². The van der Waals surface area contributed by atoms with Gasteiger partial charge in [-0.2, -0.15) is 0 Å². The Balaban J connectivity index is 1.58. The number of amides is 1. The number of aromatic nitrogens is 1. The van der Waals surface area contributed by atoms with Gasteiger partial charge in [0.05, 0.1) is 5.52 Å². The SMILES string of the molecule is N[C@@H]1CN(C(=O)c2ccc3ncccc3c2)C[C@H]1C1CC1. The van der Waals surface area contributed by atoms with Gasteiger partial charge in [0.1, 0.15) is 0 Å². The van der Waals surface area contributed by atoms with Gasteiger partial charge in [0.25, 0.3) is 5.91 Å². The summed E-state index contributed by atoms with van der Waals surface area (Å²) >= 11 is 0. The molecule has 0 unspecified atom stereocenters. The van der Waals surface area contributed by atoms with E-state index in [1.54, 1.807) is 6.20 Å². The molecule has 108 valence electrons. The summed E-state index contributed by atoms with van der Waals surface area (Å²) in [6.07, 6.45) is 4.33. The van der Waals surface area contributed by atoms with Gasteiger partial charge in [-0.3, -0.25) is 9.78 Å². The quantitative estimate of drug-likeness (QED) is 0.916. The molecule has 1 saturated heterocycles. The maximum atomic E-state index is 12.7. The average molecular weight is 281 g/mol. The number of carbonyl (C=O) groups is 1. The van der Waals surface area contributed by atoms with E-state index in [0.29, 0.717) is 12.5 Å². The second kappa shape index (κ2) is 4.81. The predicted molar refractivity (Wildman–Crippen MR) is 81.8 cm³/mol. The maximum absolute atomic E-state index is 12.7. The van der Waals surface area contributed by atoms with Crippen molar-refractivity contribution in [2.45, 2.75) is 18.9 Å². The molecule has 2 heterocycles. The molecule has 4 rings (SSSR count). The smallest absolute Gasteiger partial charge is 0.253 e. The van der Waals surface area contributed by atoms with Crippen LogP contribution in [0.5, 0.6) is 0 Å². The number of nitrogens with two attached hydrogens (primary N) is 1. The molecule has 1 amide bonds. The molecule has 2 atom stereocenters. The van der Waals surface area contributed by atoms with Crippen molar-refractivity contribution in [2.24, 2.45) is 17.6 Å². The van der Waals surface area contributed by atoms with Crippen molar-refractivity contribution < 1.29 is 4.79 Å². The number of rotatable bonds is 2. The maximum Gasteiger partial charge on any atom is 0.253 e. The zero-order valence-corrected chi connectivity index (χ0v) is 11.9. The van der Waals surface area contributed by atoms with Crippen molar-refractivity contribution in [3.05, 3.63) is 42.1 Å². The van der Waals surface area contributed by atoms with Crippen molar-refractivity contribution >= 4 is 16.8 Å². The summed E-state index contributed by atoms with van der Waals surface area (Å²) in [7, 11) is 0. The second-order valence-electron chi connectivity index (χ2n) is 6.29. The monoisotopic (exact) mass is 281 g/mol. The first-order valence-corrected chi connectivity index (χ1v) is 7.62. The zero-order chi connectivity index (χ0) is 14.4. The zero-order valence-electron chi connectivity index (χ0n) is 11.9. The van der Waals surface area contributed by atoms with Crippen molar-refractivity contribution in [1.29, 1.82) is 0 Å². The summed E-state index contributed by atoms with van der Waals surface area (Å²) in [6, 6.07) is 9.74. The van der Waals surface area contributed by atoms with E-state index in [-0.39, 0.29) is 11.9 Å². The topological polar surface area (TPSA) is 59.2 Å². The third-order valence-corrected chi connectivity index (χ3v) is 4.78. The van der Waals surface area contributed by atoms with Crippen LogP contribution in [0.15, 0.2) is 36.5 Å². The van der Waals surface area contributed by atoms with Crippen LogP contribution < -0.4 is 5.73 Å². The fourth-order valence-electron chi connectivity index (χ4n) is 3.43. The number of carbonyl (C=O) groups excluding carboxylic acids is 1. The van der Waals surface area contributed by atoms with Crippen molar-refractivity contribution in [2.75, 3.05) is 13.1 Å². The fraction of sp³-hybridized carbons (Fsp3) is 0.412. The van der Waals surface area contributed by atoms with Gasteiger partial charge < -0.3 is 10.6 Å². The van der Waals surface area contributed by atoms with Gasteiger partial charge >= 0.3 is 0 Å². The van der Waals surface area contributed by atoms with E-state index in [1.807, 2.05) is 35.2 Å². The Bertz CT molecular complexity index is 695. The molecule has 1 saturated carbocycles. The van der Waals surface area contributed by atoms with Crippen molar-refractivity contribution in [3.63, 3.8) is 0 Å². The minimum atomic E-state index is 0.0966. The first-order chi connectivity index (χ1) is 10.2. The van der Waals surface area contributed by atoms with Crippen LogP contribution in [0.4, 0.5) is 0 Å². The molecule has 1 aliphatic heterocycles. The molecule has 4 nitrogen and oxygen atoms in total. The van der Waals surface area contributed by atoms with E-state index in [1.165, 1.54) is 12.8 Å². The van der Waals surface area contributed by atoms with Crippen molar-refractivity contribution in [3.8, 4) is 0 Å². The Kier molecular flexibility index (Phi) is 2.93. The number of benzene rings is 1. The van der Waals surface area contributed by atoms with Crippen LogP contribution in [0.25, 0.3) is 10.9 Å². The van der Waals surface area contributed by atoms with Crippen LogP contribution in [0.1, 0.15) is 23.2 Å². The summed E-state index contributed by atoms with van der Waals surface area (Å²) in [5, 5.41) is 1.01. The summed E-state index contributed by atoms with van der Waals surface area (Å²) in [5.41, 5.74) is 7.87. The molecule has 0 radical (unpaired) electrons. The lowest BCUT2D eigenvalue weighted by atomic mass is 9.99. The van der Waals surface area contributed by atoms with Gasteiger partial charge in [-0.15, -0.1) is 0 Å². The van der Waals surface area contributed by atoms with E-state index in [4.69, 9.17) is 5.73 Å². The Hall–Kier alpha value is -1.94. The summed E-state index contributed by atoms with van der Waals surface area (Å²) in [5.74, 6) is 1.34. The van der Waals surface area contributed by atoms with E-state index >= 15 is 0 Å². The molecule has 4 heteroatoms. The lowest BCUT2D eigenvalue weighted by Crippen LogP contribution is -2.32. The van der Waals surface area contributed by atoms with Crippen LogP contribution in [-0.4, -0.2) is 34.9 Å². The molecule has 2 aliphatic rings. The Morgan fingerprint density at radius 3 is 2.90 bits per heavy atom. The molecule has 1 aliphatic carbocycles. The highest BCUT2D eigenvalue weighted by Crippen LogP contribution is 2.41. The molecule has 1 aromatic carbocycles. The first kappa shape index (κ1) is 12.8. The molecule has 2 fully saturated rings. The number of hydrogen-bond acceptors (Lipinski definition) is 3. The number of nitrogens with zero attached hydrogens (tertiary/aromatic N) is 2. The van der Waals surface area contributed by atoms with Crippen molar-refractivity contribution in [1.82, 2.24) is 9.88 Å². The Morgan fingerprint density at radius 1 is 1.24 bits per heavy atom. The molecular formula is C17H19N3O. The van der Waals surface area contributed by atoms with Gasteiger partial charge in [-0.05, 0) is 48.9 Å². The highest BCUT2D eigenvalue weighted by Gasteiger charge is 2.42. The van der Waals surface area contributed by atoms with Crippen LogP contribution in [0.2, 0.25) is 0 Å². The normalized spacial score (nSPS) is 25.5. The van der Waals surface area contributed by atoms with E-state index in [2.05, 4.69) is 4.98 Å². The molecule has 0 bridgehead atoms. The number of pyridine rings is 1. The first-order valence-electron chi connectivity index (χ1n) is 7.62. The molecule has 0 spiro atoms. The van der Waals surface area contributed by atoms with Crippen LogP contribution in [0, 0.1) is 11.8 Å². The third kappa shape index (κ3) is 2.29. The molecular weight excluding hydrogens is 262 g/mol. The number of likely N-dealkylation sites (tertiary alicyclic amines) is 1. The molecule has 1 aromatic heterocycles. The van der Waals surface area contributed by atoms with Gasteiger partial charge in [0, 0.05) is 36.3 Å². The Morgan fingerprint density at radius 2 is 2.10 bits per heavy atom. The number of hydrogen-bond donors (Lipinski definition) is 1.